The second-order valence-corrected chi connectivity index (χ2v) is 3.69. The zero-order valence-electron chi connectivity index (χ0n) is 8.49. The molecule has 0 heterocycles. The Kier molecular flexibility index (Phi) is 3.42. The summed E-state index contributed by atoms with van der Waals surface area (Å²) in [5, 5.41) is 0. The molecule has 0 fully saturated rings. The first kappa shape index (κ1) is 12.1. The first-order valence-corrected chi connectivity index (χ1v) is 4.64. The summed E-state index contributed by atoms with van der Waals surface area (Å²) in [5.74, 6) is -1.39. The second-order valence-electron chi connectivity index (χ2n) is 3.69. The van der Waals surface area contributed by atoms with Gasteiger partial charge in [0.25, 0.3) is 0 Å². The fourth-order valence-corrected chi connectivity index (χ4v) is 1.39. The van der Waals surface area contributed by atoms with Crippen molar-refractivity contribution in [1.29, 1.82) is 0 Å². The third-order valence-corrected chi connectivity index (χ3v) is 2.20. The Labute approximate surface area is 85.4 Å². The first-order valence-electron chi connectivity index (χ1n) is 4.64. The van der Waals surface area contributed by atoms with Crippen molar-refractivity contribution in [3.63, 3.8) is 0 Å². The lowest BCUT2D eigenvalue weighted by Crippen LogP contribution is -2.15. The van der Waals surface area contributed by atoms with Crippen molar-refractivity contribution in [1.82, 2.24) is 0 Å². The highest BCUT2D eigenvalue weighted by Crippen LogP contribution is 2.33. The van der Waals surface area contributed by atoms with Gasteiger partial charge in [-0.15, -0.1) is 13.2 Å². The standard InChI is InChI=1S/C10H12F4O/c1-6(2)7-3-4-9(8(11)5-7)15-10(12,13)14/h5-6H,3-4H2,1-2H3. The maximum absolute atomic E-state index is 13.2. The predicted octanol–water partition coefficient (Wildman–Crippen LogP) is 4.08. The molecule has 1 nitrogen and oxygen atoms in total. The van der Waals surface area contributed by atoms with Crippen molar-refractivity contribution in [2.24, 2.45) is 5.92 Å². The van der Waals surface area contributed by atoms with Gasteiger partial charge in [0.15, 0.2) is 5.83 Å². The first-order chi connectivity index (χ1) is 6.79. The Morgan fingerprint density at radius 2 is 1.87 bits per heavy atom. The van der Waals surface area contributed by atoms with Gasteiger partial charge in [-0.25, -0.2) is 4.39 Å². The highest BCUT2D eigenvalue weighted by Gasteiger charge is 2.34. The molecule has 0 saturated carbocycles. The minimum atomic E-state index is -4.81. The van der Waals surface area contributed by atoms with Crippen LogP contribution in [0.15, 0.2) is 23.2 Å². The van der Waals surface area contributed by atoms with Crippen molar-refractivity contribution in [2.45, 2.75) is 33.1 Å². The third-order valence-electron chi connectivity index (χ3n) is 2.20. The molecule has 0 unspecified atom stereocenters. The van der Waals surface area contributed by atoms with E-state index in [1.165, 1.54) is 0 Å². The van der Waals surface area contributed by atoms with Crippen LogP contribution in [0.5, 0.6) is 0 Å². The Balaban J connectivity index is 2.80. The molecule has 5 heteroatoms. The van der Waals surface area contributed by atoms with Crippen molar-refractivity contribution >= 4 is 0 Å². The third kappa shape index (κ3) is 3.57. The Hall–Kier alpha value is -1.00. The molecule has 0 radical (unpaired) electrons. The van der Waals surface area contributed by atoms with E-state index < -0.39 is 17.9 Å². The van der Waals surface area contributed by atoms with E-state index in [1.807, 2.05) is 13.8 Å². The smallest absolute Gasteiger partial charge is 0.407 e. The monoisotopic (exact) mass is 224 g/mol. The number of halogens is 4. The van der Waals surface area contributed by atoms with Gasteiger partial charge in [0, 0.05) is 6.42 Å². The maximum atomic E-state index is 13.2. The number of allylic oxidation sites excluding steroid dienone is 4. The Morgan fingerprint density at radius 1 is 1.27 bits per heavy atom. The molecule has 0 aliphatic heterocycles. The molecule has 0 N–H and O–H groups in total. The van der Waals surface area contributed by atoms with E-state index in [2.05, 4.69) is 4.74 Å². The predicted molar refractivity (Wildman–Crippen MR) is 47.4 cm³/mol. The van der Waals surface area contributed by atoms with Gasteiger partial charge in [-0.2, -0.15) is 0 Å². The summed E-state index contributed by atoms with van der Waals surface area (Å²) >= 11 is 0. The van der Waals surface area contributed by atoms with Gasteiger partial charge in [-0.05, 0) is 18.4 Å². The number of hydrogen-bond donors (Lipinski definition) is 0. The largest absolute Gasteiger partial charge is 0.572 e. The molecular weight excluding hydrogens is 212 g/mol. The summed E-state index contributed by atoms with van der Waals surface area (Å²) in [7, 11) is 0. The Morgan fingerprint density at radius 3 is 2.27 bits per heavy atom. The van der Waals surface area contributed by atoms with Crippen molar-refractivity contribution in [3.05, 3.63) is 23.2 Å². The highest BCUT2D eigenvalue weighted by atomic mass is 19.4. The maximum Gasteiger partial charge on any atom is 0.572 e. The van der Waals surface area contributed by atoms with Crippen LogP contribution in [0.2, 0.25) is 0 Å². The van der Waals surface area contributed by atoms with Crippen LogP contribution in [-0.2, 0) is 4.74 Å². The quantitative estimate of drug-likeness (QED) is 0.642. The van der Waals surface area contributed by atoms with Gasteiger partial charge in [-0.3, -0.25) is 0 Å². The van der Waals surface area contributed by atoms with E-state index in [0.717, 1.165) is 11.6 Å². The van der Waals surface area contributed by atoms with E-state index in [1.54, 1.807) is 0 Å². The molecule has 0 aromatic rings. The number of rotatable bonds is 2. The zero-order chi connectivity index (χ0) is 11.6. The fraction of sp³-hybridized carbons (Fsp3) is 0.600. The van der Waals surface area contributed by atoms with Crippen LogP contribution in [0.3, 0.4) is 0 Å². The molecule has 1 aliphatic rings. The minimum absolute atomic E-state index is 0.0324. The van der Waals surface area contributed by atoms with Crippen LogP contribution < -0.4 is 0 Å². The van der Waals surface area contributed by atoms with Crippen LogP contribution >= 0.6 is 0 Å². The summed E-state index contributed by atoms with van der Waals surface area (Å²) in [6.07, 6.45) is -3.29. The van der Waals surface area contributed by atoms with Gasteiger partial charge in [-0.1, -0.05) is 19.4 Å². The fourth-order valence-electron chi connectivity index (χ4n) is 1.39. The molecule has 0 atom stereocenters. The molecule has 0 aromatic heterocycles. The van der Waals surface area contributed by atoms with Gasteiger partial charge < -0.3 is 4.74 Å². The van der Waals surface area contributed by atoms with E-state index in [9.17, 15) is 17.6 Å². The Bertz CT molecular complexity index is 299. The van der Waals surface area contributed by atoms with Gasteiger partial charge >= 0.3 is 6.36 Å². The van der Waals surface area contributed by atoms with E-state index in [-0.39, 0.29) is 12.3 Å². The molecule has 0 saturated heterocycles. The summed E-state index contributed by atoms with van der Waals surface area (Å²) in [4.78, 5) is 0. The number of ether oxygens (including phenoxy) is 1. The van der Waals surface area contributed by atoms with E-state index in [4.69, 9.17) is 0 Å². The molecule has 1 rings (SSSR count). The summed E-state index contributed by atoms with van der Waals surface area (Å²) in [6, 6.07) is 0. The molecule has 86 valence electrons. The van der Waals surface area contributed by atoms with Crippen LogP contribution in [0, 0.1) is 5.92 Å². The summed E-state index contributed by atoms with van der Waals surface area (Å²) in [5.41, 5.74) is 0.807. The molecule has 0 aromatic carbocycles. The zero-order valence-corrected chi connectivity index (χ0v) is 8.49. The normalized spacial score (nSPS) is 18.2. The summed E-state index contributed by atoms with van der Waals surface area (Å²) in [6.45, 7) is 3.74. The van der Waals surface area contributed by atoms with E-state index >= 15 is 0 Å². The molecule has 0 bridgehead atoms. The lowest BCUT2D eigenvalue weighted by molar-refractivity contribution is -0.307. The SMILES string of the molecule is CC(C)C1=CC(F)=C(OC(F)(F)F)CC1. The lowest BCUT2D eigenvalue weighted by atomic mass is 9.94. The van der Waals surface area contributed by atoms with Crippen molar-refractivity contribution < 1.29 is 22.3 Å². The number of alkyl halides is 3. The molecule has 0 spiro atoms. The average Bonchev–Trinajstić information content (AvgIpc) is 2.05. The molecule has 1 aliphatic carbocycles. The van der Waals surface area contributed by atoms with Crippen molar-refractivity contribution in [2.75, 3.05) is 0 Å². The van der Waals surface area contributed by atoms with Crippen LogP contribution in [0.1, 0.15) is 26.7 Å². The average molecular weight is 224 g/mol. The topological polar surface area (TPSA) is 9.23 Å². The second kappa shape index (κ2) is 4.24. The lowest BCUT2D eigenvalue weighted by Gasteiger charge is -2.19. The molecular formula is C10H12F4O. The van der Waals surface area contributed by atoms with Gasteiger partial charge in [0.2, 0.25) is 0 Å². The minimum Gasteiger partial charge on any atom is -0.407 e. The number of hydrogen-bond acceptors (Lipinski definition) is 1. The highest BCUT2D eigenvalue weighted by molar-refractivity contribution is 5.27. The molecule has 15 heavy (non-hydrogen) atoms. The van der Waals surface area contributed by atoms with Crippen molar-refractivity contribution in [3.8, 4) is 0 Å². The molecule has 0 amide bonds. The van der Waals surface area contributed by atoms with E-state index in [0.29, 0.717) is 6.42 Å². The van der Waals surface area contributed by atoms with Crippen LogP contribution in [0.4, 0.5) is 17.6 Å². The van der Waals surface area contributed by atoms with Crippen LogP contribution in [-0.4, -0.2) is 6.36 Å². The van der Waals surface area contributed by atoms with Gasteiger partial charge in [0.1, 0.15) is 5.76 Å². The van der Waals surface area contributed by atoms with Gasteiger partial charge in [0.05, 0.1) is 0 Å². The van der Waals surface area contributed by atoms with Crippen LogP contribution in [0.25, 0.3) is 0 Å². The summed E-state index contributed by atoms with van der Waals surface area (Å²) < 4.78 is 52.2.